The van der Waals surface area contributed by atoms with Gasteiger partial charge in [-0.15, -0.1) is 0 Å². The van der Waals surface area contributed by atoms with Crippen molar-refractivity contribution in [1.82, 2.24) is 15.1 Å². The summed E-state index contributed by atoms with van der Waals surface area (Å²) in [5.41, 5.74) is 1.12. The summed E-state index contributed by atoms with van der Waals surface area (Å²) in [6, 6.07) is 0.184. The molecule has 1 aliphatic rings. The quantitative estimate of drug-likeness (QED) is 0.870. The largest absolute Gasteiger partial charge is 0.376 e. The molecule has 5 heteroatoms. The third kappa shape index (κ3) is 2.73. The summed E-state index contributed by atoms with van der Waals surface area (Å²) < 4.78 is 9.11. The molecule has 0 bridgehead atoms. The summed E-state index contributed by atoms with van der Waals surface area (Å²) in [5, 5.41) is 7.95. The van der Waals surface area contributed by atoms with E-state index in [4.69, 9.17) is 4.74 Å². The molecule has 1 aliphatic carbocycles. The van der Waals surface area contributed by atoms with Crippen molar-refractivity contribution in [2.75, 3.05) is 14.2 Å². The Morgan fingerprint density at radius 3 is 2.74 bits per heavy atom. The van der Waals surface area contributed by atoms with Gasteiger partial charge in [0.05, 0.1) is 28.0 Å². The molecule has 1 aromatic rings. The number of methoxy groups -OCH3 is 1. The predicted molar refractivity (Wildman–Crippen MR) is 80.2 cm³/mol. The van der Waals surface area contributed by atoms with E-state index in [0.717, 1.165) is 30.3 Å². The number of aromatic nitrogens is 2. The molecular formula is C14H24BrN3O. The van der Waals surface area contributed by atoms with Gasteiger partial charge in [0.15, 0.2) is 0 Å². The Morgan fingerprint density at radius 1 is 1.53 bits per heavy atom. The third-order valence-electron chi connectivity index (χ3n) is 4.21. The molecule has 1 saturated carbocycles. The minimum absolute atomic E-state index is 0.0944. The number of hydrogen-bond acceptors (Lipinski definition) is 3. The Bertz CT molecular complexity index is 413. The van der Waals surface area contributed by atoms with E-state index in [1.54, 1.807) is 0 Å². The van der Waals surface area contributed by atoms with Crippen molar-refractivity contribution in [3.05, 3.63) is 16.4 Å². The van der Waals surface area contributed by atoms with Crippen molar-refractivity contribution in [3.8, 4) is 0 Å². The topological polar surface area (TPSA) is 39.1 Å². The molecule has 1 N–H and O–H groups in total. The number of nitrogens with one attached hydrogen (secondary N) is 1. The van der Waals surface area contributed by atoms with Crippen LogP contribution in [0, 0.1) is 0 Å². The van der Waals surface area contributed by atoms with Crippen LogP contribution in [0.3, 0.4) is 0 Å². The van der Waals surface area contributed by atoms with Crippen LogP contribution in [0.2, 0.25) is 0 Å². The number of aryl methyl sites for hydroxylation is 1. The summed E-state index contributed by atoms with van der Waals surface area (Å²) in [6.45, 7) is 3.12. The van der Waals surface area contributed by atoms with Gasteiger partial charge in [-0.3, -0.25) is 4.68 Å². The number of halogens is 1. The lowest BCUT2D eigenvalue weighted by Gasteiger charge is -2.36. The fourth-order valence-corrected chi connectivity index (χ4v) is 3.81. The molecule has 0 aromatic carbocycles. The maximum atomic E-state index is 5.94. The first-order valence-corrected chi connectivity index (χ1v) is 7.91. The maximum Gasteiger partial charge on any atom is 0.0888 e. The van der Waals surface area contributed by atoms with Crippen LogP contribution in [0.1, 0.15) is 50.8 Å². The number of rotatable bonds is 6. The van der Waals surface area contributed by atoms with E-state index in [9.17, 15) is 0 Å². The Labute approximate surface area is 124 Å². The molecule has 1 atom stereocenters. The monoisotopic (exact) mass is 329 g/mol. The van der Waals surface area contributed by atoms with Crippen LogP contribution < -0.4 is 5.32 Å². The normalized spacial score (nSPS) is 19.8. The zero-order valence-corrected chi connectivity index (χ0v) is 13.7. The van der Waals surface area contributed by atoms with Gasteiger partial charge in [-0.25, -0.2) is 0 Å². The Balaban J connectivity index is 2.38. The Kier molecular flexibility index (Phi) is 5.03. The van der Waals surface area contributed by atoms with Crippen LogP contribution in [0.4, 0.5) is 0 Å². The van der Waals surface area contributed by atoms with Crippen molar-refractivity contribution < 1.29 is 4.74 Å². The first-order chi connectivity index (χ1) is 9.18. The average Bonchev–Trinajstić information content (AvgIpc) is 3.02. The van der Waals surface area contributed by atoms with Crippen LogP contribution in [0.15, 0.2) is 10.7 Å². The van der Waals surface area contributed by atoms with E-state index in [1.165, 1.54) is 18.5 Å². The highest BCUT2D eigenvalue weighted by Gasteiger charge is 2.43. The van der Waals surface area contributed by atoms with Gasteiger partial charge in [0, 0.05) is 13.7 Å². The van der Waals surface area contributed by atoms with Gasteiger partial charge in [-0.1, -0.05) is 19.8 Å². The molecule has 0 amide bonds. The molecule has 0 spiro atoms. The highest BCUT2D eigenvalue weighted by Crippen LogP contribution is 2.44. The molecule has 1 aromatic heterocycles. The van der Waals surface area contributed by atoms with Gasteiger partial charge in [0.1, 0.15) is 0 Å². The van der Waals surface area contributed by atoms with Gasteiger partial charge < -0.3 is 10.1 Å². The van der Waals surface area contributed by atoms with Crippen LogP contribution in [0.25, 0.3) is 0 Å². The highest BCUT2D eigenvalue weighted by atomic mass is 79.9. The molecule has 108 valence electrons. The zero-order chi connectivity index (χ0) is 13.9. The summed E-state index contributed by atoms with van der Waals surface area (Å²) >= 11 is 3.65. The molecule has 0 radical (unpaired) electrons. The van der Waals surface area contributed by atoms with Crippen LogP contribution in [-0.4, -0.2) is 29.5 Å². The average molecular weight is 330 g/mol. The van der Waals surface area contributed by atoms with Gasteiger partial charge >= 0.3 is 0 Å². The lowest BCUT2D eigenvalue weighted by molar-refractivity contribution is -0.0372. The lowest BCUT2D eigenvalue weighted by atomic mass is 9.89. The molecule has 4 nitrogen and oxygen atoms in total. The SMILES string of the molecule is CCCn1ncc(Br)c1C(NC)C1(OC)CCCC1. The minimum Gasteiger partial charge on any atom is -0.376 e. The van der Waals surface area contributed by atoms with Crippen molar-refractivity contribution in [1.29, 1.82) is 0 Å². The third-order valence-corrected chi connectivity index (χ3v) is 4.82. The van der Waals surface area contributed by atoms with Crippen molar-refractivity contribution in [2.45, 2.75) is 57.2 Å². The number of likely N-dealkylation sites (N-methyl/N-ethyl adjacent to an activating group) is 1. The van der Waals surface area contributed by atoms with E-state index < -0.39 is 0 Å². The summed E-state index contributed by atoms with van der Waals surface area (Å²) in [7, 11) is 3.85. The zero-order valence-electron chi connectivity index (χ0n) is 12.1. The fraction of sp³-hybridized carbons (Fsp3) is 0.786. The Morgan fingerprint density at radius 2 is 2.21 bits per heavy atom. The second-order valence-corrected chi connectivity index (χ2v) is 6.15. The maximum absolute atomic E-state index is 5.94. The van der Waals surface area contributed by atoms with Gasteiger partial charge in [-0.05, 0) is 42.2 Å². The van der Waals surface area contributed by atoms with Gasteiger partial charge in [0.25, 0.3) is 0 Å². The van der Waals surface area contributed by atoms with Crippen molar-refractivity contribution in [2.24, 2.45) is 0 Å². The van der Waals surface area contributed by atoms with Crippen LogP contribution >= 0.6 is 15.9 Å². The molecular weight excluding hydrogens is 306 g/mol. The molecule has 19 heavy (non-hydrogen) atoms. The standard InChI is InChI=1S/C14H24BrN3O/c1-4-9-18-12(11(15)10-17-18)13(16-2)14(19-3)7-5-6-8-14/h10,13,16H,4-9H2,1-3H3. The molecule has 1 heterocycles. The summed E-state index contributed by atoms with van der Waals surface area (Å²) in [5.74, 6) is 0. The van der Waals surface area contributed by atoms with Crippen LogP contribution in [0.5, 0.6) is 0 Å². The first kappa shape index (κ1) is 15.0. The summed E-state index contributed by atoms with van der Waals surface area (Å²) in [6.07, 6.45) is 7.68. The molecule has 0 aliphatic heterocycles. The van der Waals surface area contributed by atoms with E-state index in [0.29, 0.717) is 0 Å². The first-order valence-electron chi connectivity index (χ1n) is 7.12. The second-order valence-electron chi connectivity index (χ2n) is 5.30. The predicted octanol–water partition coefficient (Wildman–Crippen LogP) is 3.28. The highest BCUT2D eigenvalue weighted by molar-refractivity contribution is 9.10. The smallest absolute Gasteiger partial charge is 0.0888 e. The van der Waals surface area contributed by atoms with E-state index in [1.807, 2.05) is 20.4 Å². The number of hydrogen-bond donors (Lipinski definition) is 1. The van der Waals surface area contributed by atoms with E-state index in [2.05, 4.69) is 38.0 Å². The minimum atomic E-state index is -0.0944. The fourth-order valence-electron chi connectivity index (χ4n) is 3.28. The van der Waals surface area contributed by atoms with Gasteiger partial charge in [0.2, 0.25) is 0 Å². The molecule has 1 unspecified atom stereocenters. The molecule has 1 fully saturated rings. The van der Waals surface area contributed by atoms with Crippen LogP contribution in [-0.2, 0) is 11.3 Å². The lowest BCUT2D eigenvalue weighted by Crippen LogP contribution is -2.43. The van der Waals surface area contributed by atoms with Gasteiger partial charge in [-0.2, -0.15) is 5.10 Å². The van der Waals surface area contributed by atoms with Crippen molar-refractivity contribution in [3.63, 3.8) is 0 Å². The summed E-state index contributed by atoms with van der Waals surface area (Å²) in [4.78, 5) is 0. The number of nitrogens with zero attached hydrogens (tertiary/aromatic N) is 2. The molecule has 0 saturated heterocycles. The Hall–Kier alpha value is -0.390. The van der Waals surface area contributed by atoms with E-state index in [-0.39, 0.29) is 11.6 Å². The number of ether oxygens (including phenoxy) is 1. The molecule has 2 rings (SSSR count). The second kappa shape index (κ2) is 6.37. The van der Waals surface area contributed by atoms with E-state index >= 15 is 0 Å². The van der Waals surface area contributed by atoms with Crippen molar-refractivity contribution >= 4 is 15.9 Å².